The minimum Gasteiger partial charge on any atom is -0.465 e. The average Bonchev–Trinajstić information content (AvgIpc) is 2.50. The number of halogens is 3. The molecule has 0 atom stereocenters. The van der Waals surface area contributed by atoms with Gasteiger partial charge in [0.15, 0.2) is 0 Å². The zero-order valence-electron chi connectivity index (χ0n) is 12.6. The van der Waals surface area contributed by atoms with Gasteiger partial charge in [0.05, 0.1) is 17.7 Å². The van der Waals surface area contributed by atoms with E-state index in [0.717, 1.165) is 12.1 Å². The average molecular weight is 341 g/mol. The van der Waals surface area contributed by atoms with Gasteiger partial charge in [0, 0.05) is 16.8 Å². The normalized spacial score (nSPS) is 12.5. The summed E-state index contributed by atoms with van der Waals surface area (Å²) < 4.78 is 31.9. The van der Waals surface area contributed by atoms with Crippen LogP contribution in [0.3, 0.4) is 0 Å². The van der Waals surface area contributed by atoms with Crippen molar-refractivity contribution in [2.75, 3.05) is 7.11 Å². The number of allylic oxidation sites excluding steroid dienone is 1. The summed E-state index contributed by atoms with van der Waals surface area (Å²) in [6.07, 6.45) is 1.27. The van der Waals surface area contributed by atoms with E-state index >= 15 is 0 Å². The number of aliphatic imine (C=N–C) groups is 1. The highest BCUT2D eigenvalue weighted by Crippen LogP contribution is 2.21. The predicted molar refractivity (Wildman–Crippen MR) is 86.1 cm³/mol. The Kier molecular flexibility index (Phi) is 6.21. The first-order valence-electron chi connectivity index (χ1n) is 6.32. The van der Waals surface area contributed by atoms with Crippen LogP contribution in [-0.4, -0.2) is 18.8 Å². The highest BCUT2D eigenvalue weighted by molar-refractivity contribution is 6.30. The summed E-state index contributed by atoms with van der Waals surface area (Å²) in [6, 6.07) is 1.75. The summed E-state index contributed by atoms with van der Waals surface area (Å²) in [6.45, 7) is 8.48. The lowest BCUT2D eigenvalue weighted by molar-refractivity contribution is -0.135. The third kappa shape index (κ3) is 4.26. The zero-order chi connectivity index (χ0) is 17.7. The largest absolute Gasteiger partial charge is 0.465 e. The maximum Gasteiger partial charge on any atom is 0.337 e. The number of esters is 1. The van der Waals surface area contributed by atoms with Crippen LogP contribution in [0.2, 0.25) is 5.02 Å². The molecule has 0 radical (unpaired) electrons. The van der Waals surface area contributed by atoms with Crippen LogP contribution >= 0.6 is 11.6 Å². The van der Waals surface area contributed by atoms with E-state index in [9.17, 15) is 13.6 Å². The maximum absolute atomic E-state index is 13.9. The summed E-state index contributed by atoms with van der Waals surface area (Å²) in [4.78, 5) is 15.4. The quantitative estimate of drug-likeness (QED) is 0.293. The lowest BCUT2D eigenvalue weighted by atomic mass is 10.1. The van der Waals surface area contributed by atoms with Crippen LogP contribution < -0.4 is 5.73 Å². The first kappa shape index (κ1) is 18.6. The topological polar surface area (TPSA) is 64.7 Å². The van der Waals surface area contributed by atoms with Crippen molar-refractivity contribution in [3.05, 3.63) is 70.6 Å². The van der Waals surface area contributed by atoms with Gasteiger partial charge < -0.3 is 10.5 Å². The van der Waals surface area contributed by atoms with Crippen LogP contribution in [0.25, 0.3) is 0 Å². The van der Waals surface area contributed by atoms with Gasteiger partial charge in [-0.25, -0.2) is 18.6 Å². The van der Waals surface area contributed by atoms with Crippen LogP contribution in [0.4, 0.5) is 8.78 Å². The second-order valence-corrected chi connectivity index (χ2v) is 4.82. The van der Waals surface area contributed by atoms with Gasteiger partial charge in [0.1, 0.15) is 17.5 Å². The summed E-state index contributed by atoms with van der Waals surface area (Å²) in [5.41, 5.74) is 5.84. The van der Waals surface area contributed by atoms with Crippen molar-refractivity contribution in [3.63, 3.8) is 0 Å². The Bertz CT molecular complexity index is 740. The SMILES string of the molecule is C=C/C(C(=C)C(=O)OC)=C(N)/N=C(\C)c1cc(F)c(Cl)cc1F. The lowest BCUT2D eigenvalue weighted by Crippen LogP contribution is -2.11. The number of nitrogens with two attached hydrogens (primary N) is 1. The van der Waals surface area contributed by atoms with E-state index in [1.807, 2.05) is 0 Å². The fraction of sp³-hybridized carbons (Fsp3) is 0.125. The first-order valence-corrected chi connectivity index (χ1v) is 6.70. The van der Waals surface area contributed by atoms with Crippen molar-refractivity contribution in [3.8, 4) is 0 Å². The lowest BCUT2D eigenvalue weighted by Gasteiger charge is -2.09. The van der Waals surface area contributed by atoms with Crippen LogP contribution in [0.5, 0.6) is 0 Å². The predicted octanol–water partition coefficient (Wildman–Crippen LogP) is 3.51. The number of hydrogen-bond donors (Lipinski definition) is 1. The fourth-order valence-electron chi connectivity index (χ4n) is 1.72. The molecule has 0 spiro atoms. The zero-order valence-corrected chi connectivity index (χ0v) is 13.4. The van der Waals surface area contributed by atoms with Gasteiger partial charge in [0.25, 0.3) is 0 Å². The Morgan fingerprint density at radius 2 is 2.00 bits per heavy atom. The second-order valence-electron chi connectivity index (χ2n) is 4.42. The van der Waals surface area contributed by atoms with E-state index in [1.54, 1.807) is 0 Å². The third-order valence-corrected chi connectivity index (χ3v) is 3.21. The number of carbonyl (C=O) groups is 1. The fourth-order valence-corrected chi connectivity index (χ4v) is 1.87. The van der Waals surface area contributed by atoms with Crippen LogP contribution in [0.1, 0.15) is 12.5 Å². The molecule has 0 aliphatic carbocycles. The maximum atomic E-state index is 13.9. The summed E-state index contributed by atoms with van der Waals surface area (Å²) in [5.74, 6) is -2.39. The van der Waals surface area contributed by atoms with E-state index in [1.165, 1.54) is 20.1 Å². The number of rotatable bonds is 5. The highest BCUT2D eigenvalue weighted by Gasteiger charge is 2.15. The van der Waals surface area contributed by atoms with Gasteiger partial charge in [-0.05, 0) is 19.1 Å². The Labute approximate surface area is 137 Å². The second kappa shape index (κ2) is 7.69. The Balaban J connectivity index is 3.35. The van der Waals surface area contributed by atoms with Crippen molar-refractivity contribution >= 4 is 23.3 Å². The van der Waals surface area contributed by atoms with Crippen molar-refractivity contribution in [2.24, 2.45) is 10.7 Å². The number of carbonyl (C=O) groups excluding carboxylic acids is 1. The summed E-state index contributed by atoms with van der Waals surface area (Å²) >= 11 is 5.50. The minimum atomic E-state index is -0.789. The van der Waals surface area contributed by atoms with Gasteiger partial charge in [-0.3, -0.25) is 0 Å². The summed E-state index contributed by atoms with van der Waals surface area (Å²) in [5, 5.41) is -0.339. The molecule has 0 aliphatic heterocycles. The highest BCUT2D eigenvalue weighted by atomic mass is 35.5. The van der Waals surface area contributed by atoms with Crippen molar-refractivity contribution in [2.45, 2.75) is 6.92 Å². The molecule has 7 heteroatoms. The molecule has 122 valence electrons. The minimum absolute atomic E-state index is 0.0562. The number of methoxy groups -OCH3 is 1. The van der Waals surface area contributed by atoms with E-state index in [4.69, 9.17) is 17.3 Å². The van der Waals surface area contributed by atoms with Crippen molar-refractivity contribution < 1.29 is 18.3 Å². The van der Waals surface area contributed by atoms with E-state index in [2.05, 4.69) is 22.9 Å². The number of ether oxygens (including phenoxy) is 1. The molecule has 23 heavy (non-hydrogen) atoms. The Hall–Kier alpha value is -2.47. The van der Waals surface area contributed by atoms with E-state index < -0.39 is 17.6 Å². The van der Waals surface area contributed by atoms with Gasteiger partial charge in [0.2, 0.25) is 0 Å². The Morgan fingerprint density at radius 1 is 1.39 bits per heavy atom. The number of benzene rings is 1. The Morgan fingerprint density at radius 3 is 2.52 bits per heavy atom. The molecule has 1 rings (SSSR count). The summed E-state index contributed by atoms with van der Waals surface area (Å²) in [7, 11) is 1.19. The van der Waals surface area contributed by atoms with Crippen molar-refractivity contribution in [1.29, 1.82) is 0 Å². The molecule has 0 bridgehead atoms. The molecular formula is C16H15ClF2N2O2. The molecular weight excluding hydrogens is 326 g/mol. The number of hydrogen-bond acceptors (Lipinski definition) is 4. The molecule has 0 fully saturated rings. The molecule has 0 amide bonds. The molecule has 0 aromatic heterocycles. The van der Waals surface area contributed by atoms with Gasteiger partial charge in [-0.15, -0.1) is 0 Å². The smallest absolute Gasteiger partial charge is 0.337 e. The van der Waals surface area contributed by atoms with Crippen LogP contribution in [0.15, 0.2) is 53.3 Å². The van der Waals surface area contributed by atoms with Gasteiger partial charge in [-0.2, -0.15) is 0 Å². The monoisotopic (exact) mass is 340 g/mol. The van der Waals surface area contributed by atoms with Gasteiger partial charge >= 0.3 is 5.97 Å². The van der Waals surface area contributed by atoms with E-state index in [-0.39, 0.29) is 33.3 Å². The van der Waals surface area contributed by atoms with Crippen LogP contribution in [-0.2, 0) is 9.53 Å². The molecule has 0 aliphatic rings. The third-order valence-electron chi connectivity index (χ3n) is 2.92. The van der Waals surface area contributed by atoms with Gasteiger partial charge in [-0.1, -0.05) is 30.8 Å². The van der Waals surface area contributed by atoms with Crippen molar-refractivity contribution in [1.82, 2.24) is 0 Å². The molecule has 0 saturated heterocycles. The first-order chi connectivity index (χ1) is 10.7. The molecule has 0 unspecified atom stereocenters. The molecule has 2 N–H and O–H groups in total. The molecule has 1 aromatic carbocycles. The van der Waals surface area contributed by atoms with Crippen LogP contribution in [0, 0.1) is 11.6 Å². The molecule has 0 saturated carbocycles. The standard InChI is InChI=1S/C16H15ClF2N2O2/c1-5-10(8(2)16(22)23-4)15(20)21-9(3)11-6-14(19)12(17)7-13(11)18/h5-7H,1-2,20H2,3-4H3/b15-10-,21-9+. The van der Waals surface area contributed by atoms with E-state index in [0.29, 0.717) is 0 Å². The molecule has 4 nitrogen and oxygen atoms in total. The molecule has 0 heterocycles. The molecule has 1 aromatic rings. The number of nitrogens with zero attached hydrogens (tertiary/aromatic N) is 1.